The van der Waals surface area contributed by atoms with E-state index in [0.717, 1.165) is 49.2 Å². The predicted octanol–water partition coefficient (Wildman–Crippen LogP) is 4.03. The number of carbonyl (C=O) groups is 2. The van der Waals surface area contributed by atoms with Crippen molar-refractivity contribution in [2.75, 3.05) is 0 Å². The molecule has 3 rings (SSSR count). The topological polar surface area (TPSA) is 63.1 Å². The highest BCUT2D eigenvalue weighted by Crippen LogP contribution is 2.26. The van der Waals surface area contributed by atoms with Crippen molar-refractivity contribution in [2.24, 2.45) is 5.92 Å². The molecule has 1 aliphatic rings. The minimum atomic E-state index is -0.0274. The van der Waals surface area contributed by atoms with Crippen molar-refractivity contribution in [3.05, 3.63) is 45.4 Å². The fourth-order valence-electron chi connectivity index (χ4n) is 4.06. The first kappa shape index (κ1) is 20.6. The minimum Gasteiger partial charge on any atom is -0.354 e. The van der Waals surface area contributed by atoms with Crippen LogP contribution in [0.4, 0.5) is 0 Å². The largest absolute Gasteiger partial charge is 0.354 e. The van der Waals surface area contributed by atoms with E-state index in [4.69, 9.17) is 0 Å². The molecule has 0 spiro atoms. The number of nitrogens with zero attached hydrogens (tertiary/aromatic N) is 1. The van der Waals surface area contributed by atoms with Gasteiger partial charge < -0.3 is 15.2 Å². The van der Waals surface area contributed by atoms with Crippen LogP contribution in [-0.4, -0.2) is 28.5 Å². The van der Waals surface area contributed by atoms with E-state index in [2.05, 4.69) is 32.7 Å². The summed E-state index contributed by atoms with van der Waals surface area (Å²) < 4.78 is 2.19. The van der Waals surface area contributed by atoms with Gasteiger partial charge in [-0.05, 0) is 64.5 Å². The molecule has 1 saturated carbocycles. The summed E-state index contributed by atoms with van der Waals surface area (Å²) in [5.41, 5.74) is 2.82. The number of aryl methyl sites for hydroxylation is 1. The second-order valence-electron chi connectivity index (χ2n) is 8.15. The van der Waals surface area contributed by atoms with Crippen molar-refractivity contribution in [1.29, 1.82) is 0 Å². The van der Waals surface area contributed by atoms with E-state index >= 15 is 0 Å². The maximum absolute atomic E-state index is 12.9. The zero-order valence-electron chi connectivity index (χ0n) is 17.2. The molecule has 0 bridgehead atoms. The monoisotopic (exact) mass is 401 g/mol. The van der Waals surface area contributed by atoms with Crippen LogP contribution in [0.25, 0.3) is 0 Å². The molecular formula is C22H31N3O2S. The summed E-state index contributed by atoms with van der Waals surface area (Å²) >= 11 is 1.73. The fourth-order valence-corrected chi connectivity index (χ4v) is 4.75. The van der Waals surface area contributed by atoms with Crippen LogP contribution in [0, 0.1) is 19.8 Å². The lowest BCUT2D eigenvalue weighted by atomic mass is 9.85. The SMILES string of the molecule is Cc1cc(C(=O)NC2CCCC(C(=O)NC(C)C)C2)c(C)n1Cc1cccs1. The summed E-state index contributed by atoms with van der Waals surface area (Å²) in [4.78, 5) is 26.5. The van der Waals surface area contributed by atoms with Crippen LogP contribution < -0.4 is 10.6 Å². The summed E-state index contributed by atoms with van der Waals surface area (Å²) in [6, 6.07) is 6.36. The average molecular weight is 402 g/mol. The summed E-state index contributed by atoms with van der Waals surface area (Å²) in [5.74, 6) is 0.0798. The second-order valence-corrected chi connectivity index (χ2v) is 9.18. The molecule has 2 aromatic heterocycles. The van der Waals surface area contributed by atoms with Gasteiger partial charge in [-0.15, -0.1) is 11.3 Å². The Labute approximate surface area is 171 Å². The number of thiophene rings is 1. The van der Waals surface area contributed by atoms with Gasteiger partial charge >= 0.3 is 0 Å². The smallest absolute Gasteiger partial charge is 0.253 e. The molecule has 0 aliphatic heterocycles. The summed E-state index contributed by atoms with van der Waals surface area (Å²) in [7, 11) is 0. The predicted molar refractivity (Wildman–Crippen MR) is 114 cm³/mol. The van der Waals surface area contributed by atoms with Crippen LogP contribution in [0.1, 0.15) is 66.2 Å². The number of amides is 2. The third kappa shape index (κ3) is 4.85. The standard InChI is InChI=1S/C22H31N3O2S/c1-14(2)23-21(26)17-7-5-8-18(12-17)24-22(27)20-11-15(3)25(16(20)4)13-19-9-6-10-28-19/h6,9-11,14,17-18H,5,7-8,12-13H2,1-4H3,(H,23,26)(H,24,27). The van der Waals surface area contributed by atoms with E-state index < -0.39 is 0 Å². The summed E-state index contributed by atoms with van der Waals surface area (Å²) in [5, 5.41) is 8.26. The van der Waals surface area contributed by atoms with Crippen LogP contribution in [0.2, 0.25) is 0 Å². The van der Waals surface area contributed by atoms with Gasteiger partial charge in [-0.1, -0.05) is 12.5 Å². The molecular weight excluding hydrogens is 370 g/mol. The Balaban J connectivity index is 1.65. The van der Waals surface area contributed by atoms with Crippen molar-refractivity contribution < 1.29 is 9.59 Å². The van der Waals surface area contributed by atoms with Gasteiger partial charge in [-0.25, -0.2) is 0 Å². The van der Waals surface area contributed by atoms with Gasteiger partial charge in [0.1, 0.15) is 0 Å². The van der Waals surface area contributed by atoms with Crippen LogP contribution in [0.15, 0.2) is 23.6 Å². The maximum atomic E-state index is 12.9. The third-order valence-corrected chi connectivity index (χ3v) is 6.38. The van der Waals surface area contributed by atoms with Gasteiger partial charge in [-0.3, -0.25) is 9.59 Å². The molecule has 2 N–H and O–H groups in total. The molecule has 0 radical (unpaired) electrons. The number of hydrogen-bond acceptors (Lipinski definition) is 3. The normalized spacial score (nSPS) is 19.6. The number of rotatable bonds is 6. The maximum Gasteiger partial charge on any atom is 0.253 e. The van der Waals surface area contributed by atoms with Gasteiger partial charge in [0.15, 0.2) is 0 Å². The molecule has 2 atom stereocenters. The Hall–Kier alpha value is -2.08. The summed E-state index contributed by atoms with van der Waals surface area (Å²) in [6.07, 6.45) is 3.53. The van der Waals surface area contributed by atoms with Gasteiger partial charge in [0.2, 0.25) is 5.91 Å². The Morgan fingerprint density at radius 1 is 1.29 bits per heavy atom. The molecule has 5 nitrogen and oxygen atoms in total. The quantitative estimate of drug-likeness (QED) is 0.768. The van der Waals surface area contributed by atoms with Crippen LogP contribution in [0.3, 0.4) is 0 Å². The zero-order chi connectivity index (χ0) is 20.3. The van der Waals surface area contributed by atoms with E-state index in [0.29, 0.717) is 0 Å². The lowest BCUT2D eigenvalue weighted by molar-refractivity contribution is -0.126. The van der Waals surface area contributed by atoms with Crippen molar-refractivity contribution in [3.63, 3.8) is 0 Å². The molecule has 2 aromatic rings. The molecule has 1 aliphatic carbocycles. The molecule has 2 unspecified atom stereocenters. The van der Waals surface area contributed by atoms with Gasteiger partial charge in [0.05, 0.1) is 12.1 Å². The number of nitrogens with one attached hydrogen (secondary N) is 2. The average Bonchev–Trinajstić information content (AvgIpc) is 3.25. The first-order valence-corrected chi connectivity index (χ1v) is 11.0. The van der Waals surface area contributed by atoms with Crippen LogP contribution >= 0.6 is 11.3 Å². The van der Waals surface area contributed by atoms with Crippen LogP contribution in [0.5, 0.6) is 0 Å². The van der Waals surface area contributed by atoms with E-state index in [-0.39, 0.29) is 29.8 Å². The molecule has 6 heteroatoms. The van der Waals surface area contributed by atoms with Gasteiger partial charge in [-0.2, -0.15) is 0 Å². The molecule has 0 saturated heterocycles. The first-order chi connectivity index (χ1) is 13.3. The highest BCUT2D eigenvalue weighted by molar-refractivity contribution is 7.09. The number of hydrogen-bond donors (Lipinski definition) is 2. The Bertz CT molecular complexity index is 823. The fraction of sp³-hybridized carbons (Fsp3) is 0.545. The number of carbonyl (C=O) groups excluding carboxylic acids is 2. The zero-order valence-corrected chi connectivity index (χ0v) is 18.1. The molecule has 152 valence electrons. The highest BCUT2D eigenvalue weighted by Gasteiger charge is 2.29. The van der Waals surface area contributed by atoms with Crippen molar-refractivity contribution in [2.45, 2.75) is 72.0 Å². The Kier molecular flexibility index (Phi) is 6.60. The molecule has 0 aromatic carbocycles. The Morgan fingerprint density at radius 3 is 2.75 bits per heavy atom. The highest BCUT2D eigenvalue weighted by atomic mass is 32.1. The van der Waals surface area contributed by atoms with Crippen molar-refractivity contribution in [1.82, 2.24) is 15.2 Å². The van der Waals surface area contributed by atoms with E-state index in [9.17, 15) is 9.59 Å². The molecule has 28 heavy (non-hydrogen) atoms. The van der Waals surface area contributed by atoms with E-state index in [1.54, 1.807) is 11.3 Å². The lowest BCUT2D eigenvalue weighted by Gasteiger charge is -2.29. The minimum absolute atomic E-state index is 0.00675. The molecule has 2 heterocycles. The van der Waals surface area contributed by atoms with E-state index in [1.807, 2.05) is 33.8 Å². The molecule has 1 fully saturated rings. The first-order valence-electron chi connectivity index (χ1n) is 10.2. The van der Waals surface area contributed by atoms with E-state index in [1.165, 1.54) is 4.88 Å². The molecule has 2 amide bonds. The van der Waals surface area contributed by atoms with Crippen molar-refractivity contribution in [3.8, 4) is 0 Å². The van der Waals surface area contributed by atoms with Crippen molar-refractivity contribution >= 4 is 23.2 Å². The lowest BCUT2D eigenvalue weighted by Crippen LogP contribution is -2.43. The van der Waals surface area contributed by atoms with Gasteiger partial charge in [0, 0.05) is 34.3 Å². The van der Waals surface area contributed by atoms with Gasteiger partial charge in [0.25, 0.3) is 5.91 Å². The second kappa shape index (κ2) is 8.95. The third-order valence-electron chi connectivity index (χ3n) is 5.52. The number of aromatic nitrogens is 1. The Morgan fingerprint density at radius 2 is 2.07 bits per heavy atom. The van der Waals surface area contributed by atoms with Crippen LogP contribution in [-0.2, 0) is 11.3 Å². The summed E-state index contributed by atoms with van der Waals surface area (Å²) in [6.45, 7) is 8.81.